The first kappa shape index (κ1) is 21.0. The van der Waals surface area contributed by atoms with Gasteiger partial charge in [0.15, 0.2) is 0 Å². The van der Waals surface area contributed by atoms with Gasteiger partial charge in [0.25, 0.3) is 0 Å². The molecule has 0 aliphatic carbocycles. The number of carboxylic acid groups (broad SMARTS) is 1. The molecule has 1 unspecified atom stereocenters. The summed E-state index contributed by atoms with van der Waals surface area (Å²) in [4.78, 5) is 24.3. The van der Waals surface area contributed by atoms with Crippen molar-refractivity contribution in [2.75, 3.05) is 6.61 Å². The molecule has 140 valence electrons. The Morgan fingerprint density at radius 3 is 2.16 bits per heavy atom. The first-order valence-electron chi connectivity index (χ1n) is 8.73. The van der Waals surface area contributed by atoms with E-state index in [2.05, 4.69) is 0 Å². The number of carbonyl (C=O) groups excluding carboxylic acids is 1. The number of aliphatic carboxylic acids is 1. The zero-order chi connectivity index (χ0) is 19.0. The van der Waals surface area contributed by atoms with Crippen molar-refractivity contribution in [3.05, 3.63) is 30.3 Å². The van der Waals surface area contributed by atoms with Crippen molar-refractivity contribution in [3.63, 3.8) is 0 Å². The predicted molar refractivity (Wildman–Crippen MR) is 96.5 cm³/mol. The summed E-state index contributed by atoms with van der Waals surface area (Å²) in [6, 6.07) is 9.26. The molecule has 0 aromatic heterocycles. The topological polar surface area (TPSA) is 72.8 Å². The first-order chi connectivity index (χ1) is 11.6. The second-order valence-corrected chi connectivity index (χ2v) is 7.66. The minimum absolute atomic E-state index is 0.168. The Labute approximate surface area is 150 Å². The highest BCUT2D eigenvalue weighted by atomic mass is 16.6. The lowest BCUT2D eigenvalue weighted by molar-refractivity contribution is -0.167. The SMILES string of the molecule is CC(C)C[C@@H](C(=O)O)C(CCOc1ccccc1)C(=O)OC(C)(C)C. The molecular weight excluding hydrogens is 320 g/mol. The van der Waals surface area contributed by atoms with Crippen LogP contribution < -0.4 is 4.74 Å². The number of ether oxygens (including phenoxy) is 2. The second-order valence-electron chi connectivity index (χ2n) is 7.66. The molecule has 0 bridgehead atoms. The number of esters is 1. The van der Waals surface area contributed by atoms with Crippen molar-refractivity contribution in [1.82, 2.24) is 0 Å². The van der Waals surface area contributed by atoms with Gasteiger partial charge < -0.3 is 14.6 Å². The van der Waals surface area contributed by atoms with Crippen LogP contribution >= 0.6 is 0 Å². The maximum absolute atomic E-state index is 12.6. The molecule has 0 saturated heterocycles. The third-order valence-electron chi connectivity index (χ3n) is 3.68. The second kappa shape index (κ2) is 9.44. The molecule has 0 amide bonds. The Hall–Kier alpha value is -2.04. The molecule has 0 heterocycles. The quantitative estimate of drug-likeness (QED) is 0.677. The van der Waals surface area contributed by atoms with Crippen LogP contribution in [-0.4, -0.2) is 29.3 Å². The van der Waals surface area contributed by atoms with Crippen LogP contribution in [0.15, 0.2) is 30.3 Å². The van der Waals surface area contributed by atoms with Crippen molar-refractivity contribution >= 4 is 11.9 Å². The summed E-state index contributed by atoms with van der Waals surface area (Å²) in [5.41, 5.74) is -0.656. The van der Waals surface area contributed by atoms with Crippen molar-refractivity contribution in [2.24, 2.45) is 17.8 Å². The Morgan fingerprint density at radius 2 is 1.68 bits per heavy atom. The molecular formula is C20H30O5. The average Bonchev–Trinajstić information content (AvgIpc) is 2.48. The molecule has 5 heteroatoms. The van der Waals surface area contributed by atoms with Crippen LogP contribution in [0.1, 0.15) is 47.5 Å². The summed E-state index contributed by atoms with van der Waals surface area (Å²) in [5, 5.41) is 9.61. The highest BCUT2D eigenvalue weighted by Crippen LogP contribution is 2.27. The molecule has 1 aromatic carbocycles. The van der Waals surface area contributed by atoms with Gasteiger partial charge in [-0.1, -0.05) is 32.0 Å². The van der Waals surface area contributed by atoms with Crippen LogP contribution in [-0.2, 0) is 14.3 Å². The van der Waals surface area contributed by atoms with Gasteiger partial charge in [-0.15, -0.1) is 0 Å². The Kier molecular flexibility index (Phi) is 7.94. The van der Waals surface area contributed by atoms with E-state index in [1.165, 1.54) is 0 Å². The first-order valence-corrected chi connectivity index (χ1v) is 8.73. The summed E-state index contributed by atoms with van der Waals surface area (Å²) >= 11 is 0. The van der Waals surface area contributed by atoms with E-state index in [9.17, 15) is 14.7 Å². The molecule has 1 N–H and O–H groups in total. The van der Waals surface area contributed by atoms with Gasteiger partial charge in [-0.05, 0) is 51.7 Å². The molecule has 0 fully saturated rings. The third kappa shape index (κ3) is 8.05. The van der Waals surface area contributed by atoms with Gasteiger partial charge >= 0.3 is 11.9 Å². The van der Waals surface area contributed by atoms with Gasteiger partial charge in [0.1, 0.15) is 11.4 Å². The monoisotopic (exact) mass is 350 g/mol. The minimum Gasteiger partial charge on any atom is -0.494 e. The molecule has 0 aliphatic rings. The lowest BCUT2D eigenvalue weighted by Crippen LogP contribution is -2.37. The van der Waals surface area contributed by atoms with E-state index in [0.717, 1.165) is 0 Å². The number of benzene rings is 1. The van der Waals surface area contributed by atoms with Crippen LogP contribution in [0.2, 0.25) is 0 Å². The molecule has 0 saturated carbocycles. The van der Waals surface area contributed by atoms with Crippen LogP contribution in [0.5, 0.6) is 5.75 Å². The molecule has 1 rings (SSSR count). The summed E-state index contributed by atoms with van der Waals surface area (Å²) in [6.07, 6.45) is 0.720. The van der Waals surface area contributed by atoms with Gasteiger partial charge in [0.2, 0.25) is 0 Å². The van der Waals surface area contributed by atoms with E-state index in [1.54, 1.807) is 20.8 Å². The van der Waals surface area contributed by atoms with E-state index < -0.39 is 29.4 Å². The molecule has 5 nitrogen and oxygen atoms in total. The van der Waals surface area contributed by atoms with Gasteiger partial charge in [-0.25, -0.2) is 0 Å². The lowest BCUT2D eigenvalue weighted by Gasteiger charge is -2.28. The van der Waals surface area contributed by atoms with Crippen molar-refractivity contribution in [1.29, 1.82) is 0 Å². The Balaban J connectivity index is 2.85. The van der Waals surface area contributed by atoms with E-state index in [-0.39, 0.29) is 12.5 Å². The normalized spacial score (nSPS) is 14.0. The fraction of sp³-hybridized carbons (Fsp3) is 0.600. The van der Waals surface area contributed by atoms with Crippen molar-refractivity contribution < 1.29 is 24.2 Å². The number of hydrogen-bond acceptors (Lipinski definition) is 4. The predicted octanol–water partition coefficient (Wildman–Crippen LogP) is 4.16. The Bertz CT molecular complexity index is 545. The van der Waals surface area contributed by atoms with Crippen LogP contribution in [0.25, 0.3) is 0 Å². The van der Waals surface area contributed by atoms with Gasteiger partial charge in [-0.3, -0.25) is 9.59 Å². The zero-order valence-electron chi connectivity index (χ0n) is 15.8. The van der Waals surface area contributed by atoms with Crippen LogP contribution in [0.4, 0.5) is 0 Å². The van der Waals surface area contributed by atoms with Crippen molar-refractivity contribution in [2.45, 2.75) is 53.1 Å². The molecule has 25 heavy (non-hydrogen) atoms. The van der Waals surface area contributed by atoms with E-state index >= 15 is 0 Å². The van der Waals surface area contributed by atoms with Gasteiger partial charge in [-0.2, -0.15) is 0 Å². The number of carbonyl (C=O) groups is 2. The van der Waals surface area contributed by atoms with E-state index in [0.29, 0.717) is 18.6 Å². The molecule has 2 atom stereocenters. The number of rotatable bonds is 9. The van der Waals surface area contributed by atoms with Gasteiger partial charge in [0.05, 0.1) is 18.4 Å². The number of hydrogen-bond donors (Lipinski definition) is 1. The number of carboxylic acids is 1. The fourth-order valence-electron chi connectivity index (χ4n) is 2.63. The van der Waals surface area contributed by atoms with Crippen LogP contribution in [0.3, 0.4) is 0 Å². The molecule has 1 aromatic rings. The minimum atomic E-state index is -0.968. The molecule has 0 radical (unpaired) electrons. The fourth-order valence-corrected chi connectivity index (χ4v) is 2.63. The highest BCUT2D eigenvalue weighted by Gasteiger charge is 2.36. The molecule has 0 aliphatic heterocycles. The highest BCUT2D eigenvalue weighted by molar-refractivity contribution is 5.81. The standard InChI is InChI=1S/C20H30O5/c1-14(2)13-17(18(21)22)16(19(23)25-20(3,4)5)11-12-24-15-9-7-6-8-10-15/h6-10,14,16-17H,11-13H2,1-5H3,(H,21,22)/t16?,17-/m1/s1. The maximum Gasteiger partial charge on any atom is 0.310 e. The van der Waals surface area contributed by atoms with Crippen LogP contribution in [0, 0.1) is 17.8 Å². The van der Waals surface area contributed by atoms with Gasteiger partial charge in [0, 0.05) is 0 Å². The lowest BCUT2D eigenvalue weighted by atomic mass is 9.83. The number of para-hydroxylation sites is 1. The average molecular weight is 350 g/mol. The van der Waals surface area contributed by atoms with E-state index in [1.807, 2.05) is 44.2 Å². The summed E-state index contributed by atoms with van der Waals surface area (Å²) < 4.78 is 11.1. The maximum atomic E-state index is 12.6. The smallest absolute Gasteiger partial charge is 0.310 e. The van der Waals surface area contributed by atoms with Crippen molar-refractivity contribution in [3.8, 4) is 5.75 Å². The summed E-state index contributed by atoms with van der Waals surface area (Å²) in [5.74, 6) is -2.10. The van der Waals surface area contributed by atoms with E-state index in [4.69, 9.17) is 9.47 Å². The Morgan fingerprint density at radius 1 is 1.08 bits per heavy atom. The zero-order valence-corrected chi connectivity index (χ0v) is 15.8. The largest absolute Gasteiger partial charge is 0.494 e. The third-order valence-corrected chi connectivity index (χ3v) is 3.68. The summed E-state index contributed by atoms with van der Waals surface area (Å²) in [7, 11) is 0. The molecule has 0 spiro atoms. The summed E-state index contributed by atoms with van der Waals surface area (Å²) in [6.45, 7) is 9.49.